The van der Waals surface area contributed by atoms with Crippen LogP contribution in [0.3, 0.4) is 0 Å². The van der Waals surface area contributed by atoms with Crippen molar-refractivity contribution in [2.75, 3.05) is 26.3 Å². The molecule has 6 nitrogen and oxygen atoms in total. The number of ether oxygens (including phenoxy) is 1. The van der Waals surface area contributed by atoms with Crippen LogP contribution in [0.2, 0.25) is 0 Å². The Hall–Kier alpha value is -1.74. The van der Waals surface area contributed by atoms with Crippen LogP contribution >= 0.6 is 0 Å². The van der Waals surface area contributed by atoms with Crippen molar-refractivity contribution < 1.29 is 19.4 Å². The van der Waals surface area contributed by atoms with Crippen LogP contribution in [0, 0.1) is 12.3 Å². The first-order valence-corrected chi connectivity index (χ1v) is 5.29. The van der Waals surface area contributed by atoms with Crippen LogP contribution in [0.5, 0.6) is 0 Å². The Morgan fingerprint density at radius 3 is 2.71 bits per heavy atom. The monoisotopic (exact) mass is 242 g/mol. The summed E-state index contributed by atoms with van der Waals surface area (Å²) in [6.45, 7) is 4.09. The predicted molar refractivity (Wildman–Crippen MR) is 62.5 cm³/mol. The lowest BCUT2D eigenvalue weighted by Crippen LogP contribution is -2.47. The molecule has 0 heterocycles. The molecule has 0 aliphatic heterocycles. The molecule has 0 aliphatic rings. The van der Waals surface area contributed by atoms with E-state index in [-0.39, 0.29) is 12.6 Å². The van der Waals surface area contributed by atoms with Gasteiger partial charge < -0.3 is 20.1 Å². The van der Waals surface area contributed by atoms with Crippen LogP contribution in [-0.2, 0) is 9.53 Å². The molecule has 1 unspecified atom stereocenters. The van der Waals surface area contributed by atoms with Gasteiger partial charge in [0.05, 0.1) is 19.2 Å². The number of carboxylic acids is 1. The fourth-order valence-electron chi connectivity index (χ4n) is 1.11. The van der Waals surface area contributed by atoms with Crippen LogP contribution in [0.15, 0.2) is 0 Å². The third-order valence-corrected chi connectivity index (χ3v) is 1.84. The van der Waals surface area contributed by atoms with Crippen molar-refractivity contribution in [2.24, 2.45) is 0 Å². The second-order valence-electron chi connectivity index (χ2n) is 3.46. The molecule has 96 valence electrons. The van der Waals surface area contributed by atoms with Gasteiger partial charge >= 0.3 is 12.0 Å². The van der Waals surface area contributed by atoms with Gasteiger partial charge in [-0.1, -0.05) is 5.92 Å². The first-order chi connectivity index (χ1) is 8.01. The molecule has 0 rings (SSSR count). The highest BCUT2D eigenvalue weighted by Gasteiger charge is 2.17. The van der Waals surface area contributed by atoms with Gasteiger partial charge in [0, 0.05) is 6.61 Å². The van der Waals surface area contributed by atoms with Crippen molar-refractivity contribution in [3.05, 3.63) is 0 Å². The Balaban J connectivity index is 4.22. The molecule has 0 aromatic rings. The molecule has 0 aromatic heterocycles. The summed E-state index contributed by atoms with van der Waals surface area (Å²) in [6, 6.07) is -0.700. The van der Waals surface area contributed by atoms with E-state index in [1.165, 1.54) is 0 Å². The van der Waals surface area contributed by atoms with Crippen LogP contribution < -0.4 is 5.32 Å². The zero-order valence-corrected chi connectivity index (χ0v) is 10.1. The Bertz CT molecular complexity index is 298. The van der Waals surface area contributed by atoms with Gasteiger partial charge in [-0.25, -0.2) is 4.79 Å². The minimum absolute atomic E-state index is 0.0422. The summed E-state index contributed by atoms with van der Waals surface area (Å²) in [7, 11) is 0. The van der Waals surface area contributed by atoms with Crippen molar-refractivity contribution >= 4 is 12.0 Å². The van der Waals surface area contributed by atoms with Gasteiger partial charge in [-0.2, -0.15) is 0 Å². The third kappa shape index (κ3) is 7.19. The van der Waals surface area contributed by atoms with E-state index < -0.39 is 18.5 Å². The topological polar surface area (TPSA) is 78.9 Å². The molecule has 0 aliphatic carbocycles. The average Bonchev–Trinajstić information content (AvgIpc) is 2.25. The minimum atomic E-state index is -1.10. The SMILES string of the molecule is C#CCN(CC(=O)O)C(=O)NC(C)COCC. The van der Waals surface area contributed by atoms with E-state index in [1.54, 1.807) is 6.92 Å². The largest absolute Gasteiger partial charge is 0.480 e. The van der Waals surface area contributed by atoms with Gasteiger partial charge in [-0.15, -0.1) is 6.42 Å². The first-order valence-electron chi connectivity index (χ1n) is 5.29. The molecular formula is C11H18N2O4. The Morgan fingerprint density at radius 1 is 1.59 bits per heavy atom. The Labute approximate surface area is 101 Å². The zero-order valence-electron chi connectivity index (χ0n) is 10.1. The molecule has 6 heteroatoms. The third-order valence-electron chi connectivity index (χ3n) is 1.84. The van der Waals surface area contributed by atoms with E-state index in [2.05, 4.69) is 11.2 Å². The number of nitrogens with zero attached hydrogens (tertiary/aromatic N) is 1. The van der Waals surface area contributed by atoms with Crippen molar-refractivity contribution in [1.29, 1.82) is 0 Å². The van der Waals surface area contributed by atoms with Crippen molar-refractivity contribution in [2.45, 2.75) is 19.9 Å². The molecule has 0 bridgehead atoms. The van der Waals surface area contributed by atoms with E-state index in [4.69, 9.17) is 16.3 Å². The molecule has 0 radical (unpaired) electrons. The molecule has 0 fully saturated rings. The lowest BCUT2D eigenvalue weighted by Gasteiger charge is -2.21. The van der Waals surface area contributed by atoms with Gasteiger partial charge in [-0.05, 0) is 13.8 Å². The smallest absolute Gasteiger partial charge is 0.323 e. The second-order valence-corrected chi connectivity index (χ2v) is 3.46. The summed E-state index contributed by atoms with van der Waals surface area (Å²) in [5, 5.41) is 11.2. The lowest BCUT2D eigenvalue weighted by atomic mass is 10.3. The fraction of sp³-hybridized carbons (Fsp3) is 0.636. The number of carboxylic acid groups (broad SMARTS) is 1. The number of rotatable bonds is 7. The van der Waals surface area contributed by atoms with Gasteiger partial charge in [0.15, 0.2) is 0 Å². The molecule has 0 saturated heterocycles. The summed E-state index contributed by atoms with van der Waals surface area (Å²) in [6.07, 6.45) is 5.06. The van der Waals surface area contributed by atoms with E-state index in [0.29, 0.717) is 13.2 Å². The predicted octanol–water partition coefficient (Wildman–Crippen LogP) is 0.141. The fourth-order valence-corrected chi connectivity index (χ4v) is 1.11. The number of hydrogen-bond donors (Lipinski definition) is 2. The summed E-state index contributed by atoms with van der Waals surface area (Å²) in [5.41, 5.74) is 0. The van der Waals surface area contributed by atoms with E-state index in [1.807, 2.05) is 6.92 Å². The Morgan fingerprint density at radius 2 is 2.24 bits per heavy atom. The number of urea groups is 1. The molecule has 17 heavy (non-hydrogen) atoms. The van der Waals surface area contributed by atoms with Crippen molar-refractivity contribution in [3.63, 3.8) is 0 Å². The molecule has 2 N–H and O–H groups in total. The first kappa shape index (κ1) is 15.3. The number of carbonyl (C=O) groups is 2. The van der Waals surface area contributed by atoms with E-state index in [0.717, 1.165) is 4.90 Å². The maximum atomic E-state index is 11.6. The summed E-state index contributed by atoms with van der Waals surface area (Å²) < 4.78 is 5.13. The summed E-state index contributed by atoms with van der Waals surface area (Å²) in [4.78, 5) is 23.2. The molecule has 0 saturated carbocycles. The quantitative estimate of drug-likeness (QED) is 0.622. The van der Waals surface area contributed by atoms with E-state index in [9.17, 15) is 9.59 Å². The summed E-state index contributed by atoms with van der Waals surface area (Å²) >= 11 is 0. The van der Waals surface area contributed by atoms with Gasteiger partial charge in [0.25, 0.3) is 0 Å². The van der Waals surface area contributed by atoms with Crippen molar-refractivity contribution in [3.8, 4) is 12.3 Å². The number of nitrogens with one attached hydrogen (secondary N) is 1. The van der Waals surface area contributed by atoms with Crippen LogP contribution in [-0.4, -0.2) is 54.4 Å². The average molecular weight is 242 g/mol. The molecule has 0 spiro atoms. The van der Waals surface area contributed by atoms with Crippen LogP contribution in [0.25, 0.3) is 0 Å². The number of terminal acetylenes is 1. The number of hydrogen-bond acceptors (Lipinski definition) is 3. The highest BCUT2D eigenvalue weighted by Crippen LogP contribution is 1.92. The minimum Gasteiger partial charge on any atom is -0.480 e. The maximum absolute atomic E-state index is 11.6. The number of carbonyl (C=O) groups excluding carboxylic acids is 1. The highest BCUT2D eigenvalue weighted by atomic mass is 16.5. The molecule has 2 amide bonds. The standard InChI is InChI=1S/C11H18N2O4/c1-4-6-13(7-10(14)15)11(16)12-9(3)8-17-5-2/h1,9H,5-8H2,2-3H3,(H,12,16)(H,14,15). The molecular weight excluding hydrogens is 224 g/mol. The van der Waals surface area contributed by atoms with E-state index >= 15 is 0 Å². The second kappa shape index (κ2) is 8.42. The Kier molecular flexibility index (Phi) is 7.55. The van der Waals surface area contributed by atoms with Gasteiger partial charge in [0.1, 0.15) is 6.54 Å². The number of aliphatic carboxylic acids is 1. The van der Waals surface area contributed by atoms with Gasteiger partial charge in [0.2, 0.25) is 0 Å². The van der Waals surface area contributed by atoms with Crippen LogP contribution in [0.4, 0.5) is 4.79 Å². The van der Waals surface area contributed by atoms with Crippen molar-refractivity contribution in [1.82, 2.24) is 10.2 Å². The highest BCUT2D eigenvalue weighted by molar-refractivity contribution is 5.80. The maximum Gasteiger partial charge on any atom is 0.323 e. The normalized spacial score (nSPS) is 11.4. The van der Waals surface area contributed by atoms with Crippen LogP contribution in [0.1, 0.15) is 13.8 Å². The summed E-state index contributed by atoms with van der Waals surface area (Å²) in [5.74, 6) is 1.14. The molecule has 0 aromatic carbocycles. The zero-order chi connectivity index (χ0) is 13.3. The molecule has 1 atom stereocenters. The van der Waals surface area contributed by atoms with Gasteiger partial charge in [-0.3, -0.25) is 4.79 Å². The lowest BCUT2D eigenvalue weighted by molar-refractivity contribution is -0.137. The number of amides is 2.